The van der Waals surface area contributed by atoms with Gasteiger partial charge in [0.05, 0.1) is 12.8 Å². The standard InChI is InChI=1S/C12H18FN3.C2H4O2/c1-15-5-7-16(8-6-15)9-10-3-2-4-11(14)12(10)13;1-4-2-3/h2-4H,5-9,14H2,1H3;2H,1H3. The molecule has 5 nitrogen and oxygen atoms in total. The van der Waals surface area contributed by atoms with E-state index in [9.17, 15) is 4.39 Å². The summed E-state index contributed by atoms with van der Waals surface area (Å²) in [6, 6.07) is 5.22. The average Bonchev–Trinajstić information content (AvgIpc) is 2.46. The molecule has 6 heteroatoms. The molecule has 0 aromatic heterocycles. The van der Waals surface area contributed by atoms with Gasteiger partial charge >= 0.3 is 0 Å². The van der Waals surface area contributed by atoms with Crippen LogP contribution in [0.25, 0.3) is 0 Å². The molecule has 0 unspecified atom stereocenters. The van der Waals surface area contributed by atoms with E-state index in [-0.39, 0.29) is 11.5 Å². The van der Waals surface area contributed by atoms with E-state index in [0.717, 1.165) is 26.2 Å². The molecule has 2 rings (SSSR count). The van der Waals surface area contributed by atoms with Crippen molar-refractivity contribution in [2.75, 3.05) is 46.1 Å². The van der Waals surface area contributed by atoms with E-state index in [1.807, 2.05) is 12.1 Å². The van der Waals surface area contributed by atoms with E-state index < -0.39 is 0 Å². The van der Waals surface area contributed by atoms with Crippen molar-refractivity contribution in [2.45, 2.75) is 6.54 Å². The third kappa shape index (κ3) is 5.14. The summed E-state index contributed by atoms with van der Waals surface area (Å²) in [6.07, 6.45) is 0. The number of likely N-dealkylation sites (N-methyl/N-ethyl adjacent to an activating group) is 1. The van der Waals surface area contributed by atoms with E-state index >= 15 is 0 Å². The molecule has 2 N–H and O–H groups in total. The lowest BCUT2D eigenvalue weighted by Crippen LogP contribution is -2.44. The number of nitrogens with zero attached hydrogens (tertiary/aromatic N) is 2. The summed E-state index contributed by atoms with van der Waals surface area (Å²) in [6.45, 7) is 5.11. The van der Waals surface area contributed by atoms with Gasteiger partial charge in [0.25, 0.3) is 6.47 Å². The average molecular weight is 283 g/mol. The molecular formula is C14H22FN3O2. The van der Waals surface area contributed by atoms with Crippen LogP contribution in [-0.2, 0) is 16.1 Å². The van der Waals surface area contributed by atoms with Gasteiger partial charge in [-0.3, -0.25) is 9.69 Å². The van der Waals surface area contributed by atoms with Crippen molar-refractivity contribution in [3.63, 3.8) is 0 Å². The minimum absolute atomic E-state index is 0.242. The predicted octanol–water partition coefficient (Wildman–Crippen LogP) is 0.945. The fourth-order valence-electron chi connectivity index (χ4n) is 1.97. The van der Waals surface area contributed by atoms with E-state index in [0.29, 0.717) is 18.6 Å². The Morgan fingerprint density at radius 2 is 1.95 bits per heavy atom. The van der Waals surface area contributed by atoms with Gasteiger partial charge in [0.1, 0.15) is 0 Å². The van der Waals surface area contributed by atoms with Crippen LogP contribution in [0.1, 0.15) is 5.56 Å². The van der Waals surface area contributed by atoms with Gasteiger partial charge in [0, 0.05) is 38.3 Å². The van der Waals surface area contributed by atoms with E-state index in [1.165, 1.54) is 7.11 Å². The summed E-state index contributed by atoms with van der Waals surface area (Å²) in [4.78, 5) is 13.5. The molecule has 1 fully saturated rings. The van der Waals surface area contributed by atoms with Gasteiger partial charge in [-0.05, 0) is 13.1 Å². The summed E-state index contributed by atoms with van der Waals surface area (Å²) in [5, 5.41) is 0. The Labute approximate surface area is 119 Å². The fourth-order valence-corrected chi connectivity index (χ4v) is 1.97. The third-order valence-corrected chi connectivity index (χ3v) is 3.19. The molecule has 0 spiro atoms. The second kappa shape index (κ2) is 8.50. The molecule has 0 radical (unpaired) electrons. The molecule has 20 heavy (non-hydrogen) atoms. The maximum Gasteiger partial charge on any atom is 0.292 e. The second-order valence-corrected chi connectivity index (χ2v) is 4.73. The highest BCUT2D eigenvalue weighted by molar-refractivity contribution is 5.42. The lowest BCUT2D eigenvalue weighted by atomic mass is 10.1. The molecule has 1 aromatic rings. The minimum atomic E-state index is -0.263. The van der Waals surface area contributed by atoms with Crippen LogP contribution in [0.5, 0.6) is 0 Å². The zero-order valence-electron chi connectivity index (χ0n) is 12.0. The van der Waals surface area contributed by atoms with E-state index in [4.69, 9.17) is 10.5 Å². The zero-order chi connectivity index (χ0) is 15.0. The van der Waals surface area contributed by atoms with Crippen LogP contribution in [0.3, 0.4) is 0 Å². The number of halogens is 1. The molecule has 1 aliphatic rings. The van der Waals surface area contributed by atoms with Crippen molar-refractivity contribution in [1.82, 2.24) is 9.80 Å². The predicted molar refractivity (Wildman–Crippen MR) is 76.7 cm³/mol. The summed E-state index contributed by atoms with van der Waals surface area (Å²) in [5.41, 5.74) is 6.49. The molecule has 1 heterocycles. The minimum Gasteiger partial charge on any atom is -0.471 e. The maximum absolute atomic E-state index is 13.7. The second-order valence-electron chi connectivity index (χ2n) is 4.73. The van der Waals surface area contributed by atoms with Crippen LogP contribution in [0.15, 0.2) is 18.2 Å². The summed E-state index contributed by atoms with van der Waals surface area (Å²) < 4.78 is 17.5. The molecule has 112 valence electrons. The van der Waals surface area contributed by atoms with Crippen molar-refractivity contribution >= 4 is 12.2 Å². The third-order valence-electron chi connectivity index (χ3n) is 3.19. The Balaban J connectivity index is 0.000000444. The van der Waals surface area contributed by atoms with E-state index in [1.54, 1.807) is 6.07 Å². The number of carbonyl (C=O) groups excluding carboxylic acids is 1. The number of hydrogen-bond acceptors (Lipinski definition) is 5. The van der Waals surface area contributed by atoms with Crippen molar-refractivity contribution in [1.29, 1.82) is 0 Å². The number of rotatable bonds is 3. The Morgan fingerprint density at radius 1 is 1.35 bits per heavy atom. The Kier molecular flexibility index (Phi) is 6.97. The SMILES string of the molecule is CN1CCN(Cc2cccc(N)c2F)CC1.COC=O. The monoisotopic (exact) mass is 283 g/mol. The number of hydrogen-bond donors (Lipinski definition) is 1. The van der Waals surface area contributed by atoms with Crippen molar-refractivity contribution in [3.05, 3.63) is 29.6 Å². The molecule has 0 amide bonds. The first-order chi connectivity index (χ1) is 9.58. The van der Waals surface area contributed by atoms with Gasteiger partial charge < -0.3 is 15.4 Å². The summed E-state index contributed by atoms with van der Waals surface area (Å²) >= 11 is 0. The smallest absolute Gasteiger partial charge is 0.292 e. The normalized spacial score (nSPS) is 16.1. The topological polar surface area (TPSA) is 58.8 Å². The Hall–Kier alpha value is -1.66. The number of methoxy groups -OCH3 is 1. The zero-order valence-corrected chi connectivity index (χ0v) is 12.0. The van der Waals surface area contributed by atoms with Gasteiger partial charge in [-0.1, -0.05) is 12.1 Å². The first-order valence-corrected chi connectivity index (χ1v) is 6.48. The number of benzene rings is 1. The van der Waals surface area contributed by atoms with Gasteiger partial charge in [-0.25, -0.2) is 4.39 Å². The molecule has 0 bridgehead atoms. The number of ether oxygens (including phenoxy) is 1. The molecule has 0 atom stereocenters. The first-order valence-electron chi connectivity index (χ1n) is 6.48. The van der Waals surface area contributed by atoms with Gasteiger partial charge in [0.15, 0.2) is 5.82 Å². The number of anilines is 1. The molecule has 0 aliphatic carbocycles. The van der Waals surface area contributed by atoms with Crippen molar-refractivity contribution in [2.24, 2.45) is 0 Å². The number of piperazine rings is 1. The fraction of sp³-hybridized carbons (Fsp3) is 0.500. The van der Waals surface area contributed by atoms with Gasteiger partial charge in [0.2, 0.25) is 0 Å². The Bertz CT molecular complexity index is 421. The molecule has 0 saturated carbocycles. The van der Waals surface area contributed by atoms with Crippen LogP contribution in [0.2, 0.25) is 0 Å². The lowest BCUT2D eigenvalue weighted by Gasteiger charge is -2.32. The van der Waals surface area contributed by atoms with E-state index in [2.05, 4.69) is 21.6 Å². The van der Waals surface area contributed by atoms with Crippen molar-refractivity contribution < 1.29 is 13.9 Å². The van der Waals surface area contributed by atoms with Crippen LogP contribution in [0.4, 0.5) is 10.1 Å². The van der Waals surface area contributed by atoms with Gasteiger partial charge in [-0.15, -0.1) is 0 Å². The lowest BCUT2D eigenvalue weighted by molar-refractivity contribution is -0.126. The summed E-state index contributed by atoms with van der Waals surface area (Å²) in [7, 11) is 3.42. The largest absolute Gasteiger partial charge is 0.471 e. The maximum atomic E-state index is 13.7. The number of nitrogens with two attached hydrogens (primary N) is 1. The van der Waals surface area contributed by atoms with Gasteiger partial charge in [-0.2, -0.15) is 0 Å². The van der Waals surface area contributed by atoms with Crippen LogP contribution < -0.4 is 5.73 Å². The number of nitrogen functional groups attached to an aromatic ring is 1. The molecule has 1 saturated heterocycles. The summed E-state index contributed by atoms with van der Waals surface area (Å²) in [5.74, 6) is -0.263. The molecule has 1 aromatic carbocycles. The quantitative estimate of drug-likeness (QED) is 0.661. The number of carbonyl (C=O) groups is 1. The van der Waals surface area contributed by atoms with Crippen LogP contribution >= 0.6 is 0 Å². The van der Waals surface area contributed by atoms with Crippen LogP contribution in [0, 0.1) is 5.82 Å². The first kappa shape index (κ1) is 16.4. The highest BCUT2D eigenvalue weighted by atomic mass is 19.1. The Morgan fingerprint density at radius 3 is 2.50 bits per heavy atom. The highest BCUT2D eigenvalue weighted by Gasteiger charge is 2.15. The molecular weight excluding hydrogens is 261 g/mol. The highest BCUT2D eigenvalue weighted by Crippen LogP contribution is 2.17. The van der Waals surface area contributed by atoms with Crippen LogP contribution in [-0.4, -0.2) is 56.6 Å². The van der Waals surface area contributed by atoms with Crippen molar-refractivity contribution in [3.8, 4) is 0 Å². The molecule has 1 aliphatic heterocycles.